The molecule has 0 bridgehead atoms. The summed E-state index contributed by atoms with van der Waals surface area (Å²) < 4.78 is 13.2. The number of halogens is 2. The Kier molecular flexibility index (Phi) is 12.2. The molecule has 2 amide bonds. The number of unbranched alkanes of at least 4 members (excludes halogenated alkanes) is 1. The normalized spacial score (nSPS) is 14.2. The molecule has 0 atom stereocenters. The van der Waals surface area contributed by atoms with E-state index in [0.717, 1.165) is 31.5 Å². The van der Waals surface area contributed by atoms with Crippen LogP contribution in [0.1, 0.15) is 39.2 Å². The van der Waals surface area contributed by atoms with Gasteiger partial charge in [-0.15, -0.1) is 24.8 Å². The van der Waals surface area contributed by atoms with Crippen molar-refractivity contribution in [2.75, 3.05) is 43.1 Å². The van der Waals surface area contributed by atoms with E-state index in [-0.39, 0.29) is 42.2 Å². The molecule has 0 aliphatic carbocycles. The van der Waals surface area contributed by atoms with Gasteiger partial charge in [0, 0.05) is 57.9 Å². The van der Waals surface area contributed by atoms with Crippen molar-refractivity contribution >= 4 is 59.0 Å². The molecule has 0 N–H and O–H groups in total. The summed E-state index contributed by atoms with van der Waals surface area (Å²) in [6.45, 7) is 9.10. The van der Waals surface area contributed by atoms with Gasteiger partial charge in [0.2, 0.25) is 11.8 Å². The Bertz CT molecular complexity index is 1660. The van der Waals surface area contributed by atoms with Crippen LogP contribution in [-0.2, 0) is 22.7 Å². The van der Waals surface area contributed by atoms with Crippen molar-refractivity contribution in [2.45, 2.75) is 46.7 Å². The van der Waals surface area contributed by atoms with Crippen LogP contribution in [0.5, 0.6) is 5.75 Å². The highest BCUT2D eigenvalue weighted by Gasteiger charge is 2.45. The second-order valence-corrected chi connectivity index (χ2v) is 11.4. The molecule has 1 aliphatic rings. The predicted molar refractivity (Wildman–Crippen MR) is 181 cm³/mol. The average molecular weight is 659 g/mol. The average Bonchev–Trinajstić information content (AvgIpc) is 3.49. The number of amides is 2. The number of nitrogens with zero attached hydrogens (tertiary/aromatic N) is 5. The Morgan fingerprint density at radius 1 is 0.933 bits per heavy atom. The van der Waals surface area contributed by atoms with Gasteiger partial charge in [-0.1, -0.05) is 0 Å². The minimum atomic E-state index is -1.15. The second-order valence-electron chi connectivity index (χ2n) is 11.4. The zero-order valence-electron chi connectivity index (χ0n) is 26.1. The Labute approximate surface area is 275 Å². The van der Waals surface area contributed by atoms with Gasteiger partial charge in [0.25, 0.3) is 5.56 Å². The standard InChI is InChI=1S/C33H39N5O5.2ClH/c1-5-38-27-9-8-25(22-28(27)35(4)31(40)33(2,3)32(38)41)42-20-7-6-16-36(23-24-10-14-34-15-11-24)18-19-37-17-12-29-26(30(37)39)13-21-43-29;;/h8-15,17,21-22H,5-7,16,18-20,23H2,1-4H3;2*1H. The lowest BCUT2D eigenvalue weighted by Gasteiger charge is -2.27. The molecule has 0 radical (unpaired) electrons. The maximum absolute atomic E-state index is 13.1. The van der Waals surface area contributed by atoms with Gasteiger partial charge in [0.1, 0.15) is 16.7 Å². The molecule has 0 saturated heterocycles. The van der Waals surface area contributed by atoms with Gasteiger partial charge in [-0.3, -0.25) is 24.3 Å². The number of furan rings is 1. The highest BCUT2D eigenvalue weighted by molar-refractivity contribution is 6.20. The maximum Gasteiger partial charge on any atom is 0.261 e. The number of ether oxygens (including phenoxy) is 1. The molecule has 10 nitrogen and oxygen atoms in total. The molecule has 0 unspecified atom stereocenters. The van der Waals surface area contributed by atoms with E-state index in [1.54, 1.807) is 66.2 Å². The fraction of sp³-hybridized carbons (Fsp3) is 0.394. The van der Waals surface area contributed by atoms with Crippen LogP contribution in [0.25, 0.3) is 11.0 Å². The second kappa shape index (κ2) is 15.4. The smallest absolute Gasteiger partial charge is 0.261 e. The van der Waals surface area contributed by atoms with Gasteiger partial charge in [-0.2, -0.15) is 0 Å². The number of anilines is 2. The highest BCUT2D eigenvalue weighted by Crippen LogP contribution is 2.40. The highest BCUT2D eigenvalue weighted by atomic mass is 35.5. The number of carbonyl (C=O) groups excluding carboxylic acids is 2. The molecule has 0 fully saturated rings. The van der Waals surface area contributed by atoms with E-state index < -0.39 is 5.41 Å². The third-order valence-corrected chi connectivity index (χ3v) is 8.08. The van der Waals surface area contributed by atoms with Crippen LogP contribution in [0.3, 0.4) is 0 Å². The molecule has 1 aromatic carbocycles. The molecule has 0 saturated carbocycles. The summed E-state index contributed by atoms with van der Waals surface area (Å²) in [6, 6.07) is 13.1. The zero-order chi connectivity index (χ0) is 30.6. The first-order chi connectivity index (χ1) is 20.7. The van der Waals surface area contributed by atoms with Crippen LogP contribution in [-0.4, -0.2) is 59.6 Å². The minimum absolute atomic E-state index is 0. The lowest BCUT2D eigenvalue weighted by molar-refractivity contribution is -0.137. The number of hydrogen-bond acceptors (Lipinski definition) is 7. The summed E-state index contributed by atoms with van der Waals surface area (Å²) in [5.74, 6) is 0.208. The molecule has 5 rings (SSSR count). The van der Waals surface area contributed by atoms with E-state index >= 15 is 0 Å². The van der Waals surface area contributed by atoms with Crippen molar-refractivity contribution in [3.63, 3.8) is 0 Å². The molecule has 3 aromatic heterocycles. The van der Waals surface area contributed by atoms with Gasteiger partial charge in [-0.05, 0) is 82.1 Å². The predicted octanol–water partition coefficient (Wildman–Crippen LogP) is 5.55. The van der Waals surface area contributed by atoms with Crippen molar-refractivity contribution in [3.05, 3.63) is 83.2 Å². The van der Waals surface area contributed by atoms with Gasteiger partial charge in [0.05, 0.1) is 29.6 Å². The zero-order valence-corrected chi connectivity index (χ0v) is 27.7. The van der Waals surface area contributed by atoms with E-state index in [1.165, 1.54) is 0 Å². The van der Waals surface area contributed by atoms with Crippen LogP contribution >= 0.6 is 24.8 Å². The SMILES string of the molecule is CCN1C(=O)C(C)(C)C(=O)N(C)c2cc(OCCCCN(CCn3ccc4occc4c3=O)Cc3ccncc3)ccc21.Cl.Cl. The topological polar surface area (TPSA) is 101 Å². The fourth-order valence-corrected chi connectivity index (χ4v) is 5.55. The first-order valence-electron chi connectivity index (χ1n) is 14.8. The van der Waals surface area contributed by atoms with Gasteiger partial charge in [0.15, 0.2) is 0 Å². The van der Waals surface area contributed by atoms with E-state index in [2.05, 4.69) is 9.88 Å². The lowest BCUT2D eigenvalue weighted by Crippen LogP contribution is -2.47. The van der Waals surface area contributed by atoms with Crippen molar-refractivity contribution in [2.24, 2.45) is 5.41 Å². The molecule has 12 heteroatoms. The van der Waals surface area contributed by atoms with E-state index in [0.29, 0.717) is 54.3 Å². The van der Waals surface area contributed by atoms with E-state index in [1.807, 2.05) is 43.3 Å². The molecule has 0 spiro atoms. The number of rotatable bonds is 12. The van der Waals surface area contributed by atoms with Crippen molar-refractivity contribution in [3.8, 4) is 5.75 Å². The number of pyridine rings is 2. The summed E-state index contributed by atoms with van der Waals surface area (Å²) in [5.41, 5.74) is 1.94. The number of carbonyl (C=O) groups is 2. The van der Waals surface area contributed by atoms with Crippen LogP contribution in [0.15, 0.2) is 76.5 Å². The Morgan fingerprint density at radius 2 is 1.69 bits per heavy atom. The van der Waals surface area contributed by atoms with E-state index in [4.69, 9.17) is 9.15 Å². The largest absolute Gasteiger partial charge is 0.494 e. The number of hydrogen-bond donors (Lipinski definition) is 0. The summed E-state index contributed by atoms with van der Waals surface area (Å²) in [4.78, 5) is 48.8. The Morgan fingerprint density at radius 3 is 2.42 bits per heavy atom. The minimum Gasteiger partial charge on any atom is -0.494 e. The number of aromatic nitrogens is 2. The van der Waals surface area contributed by atoms with Gasteiger partial charge >= 0.3 is 0 Å². The van der Waals surface area contributed by atoms with Gasteiger partial charge in [-0.25, -0.2) is 0 Å². The summed E-state index contributed by atoms with van der Waals surface area (Å²) in [5, 5.41) is 0.589. The fourth-order valence-electron chi connectivity index (χ4n) is 5.55. The lowest BCUT2D eigenvalue weighted by atomic mass is 9.90. The van der Waals surface area contributed by atoms with Crippen LogP contribution in [0.4, 0.5) is 11.4 Å². The van der Waals surface area contributed by atoms with Crippen LogP contribution in [0.2, 0.25) is 0 Å². The molecule has 4 aromatic rings. The Hall–Kier alpha value is -3.86. The quantitative estimate of drug-likeness (QED) is 0.145. The first-order valence-corrected chi connectivity index (χ1v) is 14.8. The van der Waals surface area contributed by atoms with Gasteiger partial charge < -0.3 is 23.5 Å². The molecule has 4 heterocycles. The summed E-state index contributed by atoms with van der Waals surface area (Å²) >= 11 is 0. The van der Waals surface area contributed by atoms with Crippen molar-refractivity contribution in [1.29, 1.82) is 0 Å². The molecule has 45 heavy (non-hydrogen) atoms. The third kappa shape index (κ3) is 7.69. The first kappa shape index (κ1) is 35.6. The monoisotopic (exact) mass is 657 g/mol. The third-order valence-electron chi connectivity index (χ3n) is 8.08. The van der Waals surface area contributed by atoms with Crippen LogP contribution < -0.4 is 20.1 Å². The molecular formula is C33H41Cl2N5O5. The van der Waals surface area contributed by atoms with E-state index in [9.17, 15) is 14.4 Å². The summed E-state index contributed by atoms with van der Waals surface area (Å²) in [7, 11) is 1.71. The number of fused-ring (bicyclic) bond motifs is 2. The number of benzene rings is 1. The molecule has 1 aliphatic heterocycles. The Balaban J connectivity index is 0.00000276. The maximum atomic E-state index is 13.1. The summed E-state index contributed by atoms with van der Waals surface area (Å²) in [6.07, 6.45) is 8.64. The van der Waals surface area contributed by atoms with Crippen molar-refractivity contribution in [1.82, 2.24) is 14.5 Å². The molecule has 242 valence electrons. The molecular weight excluding hydrogens is 617 g/mol. The van der Waals surface area contributed by atoms with Crippen LogP contribution in [0, 0.1) is 5.41 Å². The van der Waals surface area contributed by atoms with Crippen molar-refractivity contribution < 1.29 is 18.7 Å².